The Hall–Kier alpha value is -4.52. The lowest BCUT2D eigenvalue weighted by molar-refractivity contribution is -0.179. The molecule has 0 saturated heterocycles. The Kier molecular flexibility index (Phi) is 11.8. The molecule has 4 atom stereocenters. The van der Waals surface area contributed by atoms with Crippen LogP contribution in [0, 0.1) is 25.7 Å². The number of carboxylic acid groups (broad SMARTS) is 1. The Morgan fingerprint density at radius 3 is 1.43 bits per heavy atom. The van der Waals surface area contributed by atoms with Crippen LogP contribution in [0.25, 0.3) is 0 Å². The topological polar surface area (TPSA) is 142 Å². The maximum absolute atomic E-state index is 13.9. The standard InChI is InChI=1S/C17H14Cl2F3N3O3.C15H10Cl2F3N3O3/c1-3-27-16(26)12-7-25(23-8(12)2)15-13(17(20,21)22)14(28-24-15)9-4-10(18)6-11(19)5-9;1-6-10(14(24)25)5-23(21-6)13-11(15(18,19)20)12(26-22-13)7-2-8(16)4-9(17)3-7/h4-7,13-14H,3H2,1-2H3;2-5,11-12H,1H3,(H,24,25). The van der Waals surface area contributed by atoms with Gasteiger partial charge in [-0.15, -0.1) is 0 Å². The highest BCUT2D eigenvalue weighted by molar-refractivity contribution is 6.35. The lowest BCUT2D eigenvalue weighted by Gasteiger charge is -2.21. The van der Waals surface area contributed by atoms with E-state index >= 15 is 0 Å². The minimum absolute atomic E-state index is 0.0414. The summed E-state index contributed by atoms with van der Waals surface area (Å²) in [5.41, 5.74) is 0.272. The number of nitrogens with zero attached hydrogens (tertiary/aromatic N) is 6. The van der Waals surface area contributed by atoms with Crippen LogP contribution in [-0.2, 0) is 14.4 Å². The predicted octanol–water partition coefficient (Wildman–Crippen LogP) is 9.09. The molecule has 0 saturated carbocycles. The molecule has 288 valence electrons. The number of carbonyl (C=O) groups excluding carboxylic acids is 1. The van der Waals surface area contributed by atoms with Gasteiger partial charge in [-0.25, -0.2) is 19.0 Å². The SMILES string of the molecule is CCOC(=O)c1cn(C2=NOC(c3cc(Cl)cc(Cl)c3)C2C(F)(F)F)nc1C.Cc1nn(C2=NOC(c3cc(Cl)cc(Cl)c3)C2C(F)(F)F)cc1C(=O)O. The Balaban J connectivity index is 0.000000208. The van der Waals surface area contributed by atoms with E-state index in [1.54, 1.807) is 6.92 Å². The first-order valence-electron chi connectivity index (χ1n) is 15.3. The molecule has 22 heteroatoms. The molecule has 0 bridgehead atoms. The number of ether oxygens (including phenoxy) is 1. The van der Waals surface area contributed by atoms with E-state index in [0.717, 1.165) is 21.8 Å². The number of aromatic nitrogens is 4. The smallest absolute Gasteiger partial charge is 0.403 e. The van der Waals surface area contributed by atoms with Crippen molar-refractivity contribution in [3.05, 3.63) is 103 Å². The van der Waals surface area contributed by atoms with Crippen molar-refractivity contribution in [2.45, 2.75) is 45.3 Å². The van der Waals surface area contributed by atoms with Crippen LogP contribution in [-0.4, -0.2) is 67.2 Å². The van der Waals surface area contributed by atoms with E-state index in [-0.39, 0.29) is 60.3 Å². The second-order valence-corrected chi connectivity index (χ2v) is 13.3. The number of esters is 1. The molecule has 4 aromatic rings. The van der Waals surface area contributed by atoms with Crippen molar-refractivity contribution in [2.75, 3.05) is 6.61 Å². The third kappa shape index (κ3) is 8.72. The van der Waals surface area contributed by atoms with E-state index < -0.39 is 60.0 Å². The molecule has 2 aliphatic rings. The van der Waals surface area contributed by atoms with Gasteiger partial charge in [0.25, 0.3) is 0 Å². The van der Waals surface area contributed by atoms with Gasteiger partial charge >= 0.3 is 24.3 Å². The highest BCUT2D eigenvalue weighted by atomic mass is 35.5. The molecule has 4 heterocycles. The normalized spacial score (nSPS) is 19.6. The number of rotatable bonds is 5. The molecule has 54 heavy (non-hydrogen) atoms. The van der Waals surface area contributed by atoms with E-state index in [2.05, 4.69) is 20.5 Å². The first kappa shape index (κ1) is 40.7. The minimum Gasteiger partial charge on any atom is -0.478 e. The van der Waals surface area contributed by atoms with Crippen molar-refractivity contribution < 1.29 is 55.5 Å². The molecule has 0 amide bonds. The van der Waals surface area contributed by atoms with E-state index in [0.29, 0.717) is 0 Å². The third-order valence-electron chi connectivity index (χ3n) is 7.81. The van der Waals surface area contributed by atoms with Gasteiger partial charge in [-0.3, -0.25) is 0 Å². The molecule has 4 unspecified atom stereocenters. The van der Waals surface area contributed by atoms with Crippen LogP contribution in [0.5, 0.6) is 0 Å². The average molecular weight is 844 g/mol. The summed E-state index contributed by atoms with van der Waals surface area (Å²) >= 11 is 23.5. The van der Waals surface area contributed by atoms with Gasteiger partial charge in [0.1, 0.15) is 11.1 Å². The van der Waals surface area contributed by atoms with Crippen LogP contribution in [0.4, 0.5) is 26.3 Å². The summed E-state index contributed by atoms with van der Waals surface area (Å²) in [6.07, 6.45) is -10.4. The van der Waals surface area contributed by atoms with Gasteiger partial charge < -0.3 is 19.5 Å². The Morgan fingerprint density at radius 1 is 0.722 bits per heavy atom. The Bertz CT molecular complexity index is 2110. The second kappa shape index (κ2) is 15.7. The van der Waals surface area contributed by atoms with E-state index in [4.69, 9.17) is 65.9 Å². The summed E-state index contributed by atoms with van der Waals surface area (Å²) in [6, 6.07) is 8.02. The fourth-order valence-electron chi connectivity index (χ4n) is 5.49. The molecular weight excluding hydrogens is 820 g/mol. The van der Waals surface area contributed by atoms with Crippen LogP contribution in [0.2, 0.25) is 20.1 Å². The highest BCUT2D eigenvalue weighted by Gasteiger charge is 2.56. The summed E-state index contributed by atoms with van der Waals surface area (Å²) < 4.78 is 89.3. The quantitative estimate of drug-likeness (QED) is 0.155. The highest BCUT2D eigenvalue weighted by Crippen LogP contribution is 2.46. The Morgan fingerprint density at radius 2 is 1.09 bits per heavy atom. The number of carbonyl (C=O) groups is 2. The summed E-state index contributed by atoms with van der Waals surface area (Å²) in [7, 11) is 0. The van der Waals surface area contributed by atoms with Gasteiger partial charge in [0.15, 0.2) is 35.7 Å². The first-order valence-corrected chi connectivity index (χ1v) is 16.8. The molecule has 6 rings (SSSR count). The summed E-state index contributed by atoms with van der Waals surface area (Å²) in [4.78, 5) is 33.1. The second-order valence-electron chi connectivity index (χ2n) is 11.6. The summed E-state index contributed by atoms with van der Waals surface area (Å²) in [5.74, 6) is -7.40. The lowest BCUT2D eigenvalue weighted by Crippen LogP contribution is -2.36. The number of halogens is 10. The molecule has 0 spiro atoms. The van der Waals surface area contributed by atoms with E-state index in [9.17, 15) is 35.9 Å². The zero-order valence-corrected chi connectivity index (χ0v) is 30.6. The fourth-order valence-corrected chi connectivity index (χ4v) is 6.58. The first-order chi connectivity index (χ1) is 25.2. The van der Waals surface area contributed by atoms with Crippen LogP contribution >= 0.6 is 46.4 Å². The predicted molar refractivity (Wildman–Crippen MR) is 182 cm³/mol. The van der Waals surface area contributed by atoms with Crippen LogP contribution < -0.4 is 0 Å². The number of carboxylic acids is 1. The zero-order chi connectivity index (χ0) is 39.9. The van der Waals surface area contributed by atoms with Gasteiger partial charge in [-0.05, 0) is 68.3 Å². The lowest BCUT2D eigenvalue weighted by atomic mass is 9.94. The van der Waals surface area contributed by atoms with Crippen LogP contribution in [0.15, 0.2) is 59.1 Å². The number of aromatic carboxylic acids is 1. The van der Waals surface area contributed by atoms with Gasteiger partial charge in [0, 0.05) is 32.5 Å². The molecule has 0 radical (unpaired) electrons. The number of aryl methyl sites for hydroxylation is 2. The number of alkyl halides is 6. The molecule has 12 nitrogen and oxygen atoms in total. The number of hydrogen-bond donors (Lipinski definition) is 1. The van der Waals surface area contributed by atoms with Crippen LogP contribution in [0.1, 0.15) is 62.4 Å². The van der Waals surface area contributed by atoms with E-state index in [1.165, 1.54) is 50.2 Å². The van der Waals surface area contributed by atoms with Crippen molar-refractivity contribution in [3.8, 4) is 0 Å². The van der Waals surface area contributed by atoms with Crippen molar-refractivity contribution in [1.82, 2.24) is 19.6 Å². The third-order valence-corrected chi connectivity index (χ3v) is 8.68. The molecule has 0 aliphatic carbocycles. The van der Waals surface area contributed by atoms with Crippen molar-refractivity contribution in [1.29, 1.82) is 0 Å². The van der Waals surface area contributed by atoms with Crippen molar-refractivity contribution in [2.24, 2.45) is 22.1 Å². The summed E-state index contributed by atoms with van der Waals surface area (Å²) in [5, 5.41) is 24.6. The Labute approximate surface area is 320 Å². The molecular formula is C32H24Cl4F6N6O6. The molecule has 2 aliphatic heterocycles. The molecule has 2 aromatic carbocycles. The van der Waals surface area contributed by atoms with Gasteiger partial charge in [-0.2, -0.15) is 36.5 Å². The van der Waals surface area contributed by atoms with Gasteiger partial charge in [0.2, 0.25) is 0 Å². The largest absolute Gasteiger partial charge is 0.478 e. The maximum atomic E-state index is 13.9. The molecule has 0 fully saturated rings. The van der Waals surface area contributed by atoms with Crippen molar-refractivity contribution >= 4 is 70.0 Å². The van der Waals surface area contributed by atoms with Gasteiger partial charge in [-0.1, -0.05) is 56.7 Å². The number of benzene rings is 2. The average Bonchev–Trinajstić information content (AvgIpc) is 3.84. The zero-order valence-electron chi connectivity index (χ0n) is 27.6. The van der Waals surface area contributed by atoms with Crippen molar-refractivity contribution in [3.63, 3.8) is 0 Å². The molecule has 2 aromatic heterocycles. The van der Waals surface area contributed by atoms with Crippen LogP contribution in [0.3, 0.4) is 0 Å². The molecule has 1 N–H and O–H groups in total. The summed E-state index contributed by atoms with van der Waals surface area (Å²) in [6.45, 7) is 4.59. The minimum atomic E-state index is -4.74. The monoisotopic (exact) mass is 842 g/mol. The number of hydrogen-bond acceptors (Lipinski definition) is 9. The maximum Gasteiger partial charge on any atom is 0.403 e. The number of oxime groups is 2. The fraction of sp³-hybridized carbons (Fsp3) is 0.312. The van der Waals surface area contributed by atoms with Gasteiger partial charge in [0.05, 0.1) is 18.0 Å². The van der Waals surface area contributed by atoms with E-state index in [1.807, 2.05) is 0 Å².